The number of benzene rings is 3. The predicted octanol–water partition coefficient (Wildman–Crippen LogP) is 4.44. The van der Waals surface area contributed by atoms with Crippen LogP contribution in [0.1, 0.15) is 20.7 Å². The first-order chi connectivity index (χ1) is 11.1. The first-order valence-corrected chi connectivity index (χ1v) is 7.26. The highest BCUT2D eigenvalue weighted by Gasteiger charge is 2.12. The fourth-order valence-corrected chi connectivity index (χ4v) is 2.65. The summed E-state index contributed by atoms with van der Waals surface area (Å²) in [6.45, 7) is 0. The predicted molar refractivity (Wildman–Crippen MR) is 90.3 cm³/mol. The largest absolute Gasteiger partial charge is 0.478 e. The van der Waals surface area contributed by atoms with Gasteiger partial charge in [-0.05, 0) is 35.0 Å². The van der Waals surface area contributed by atoms with Crippen LogP contribution in [0.2, 0.25) is 5.02 Å². The van der Waals surface area contributed by atoms with Gasteiger partial charge in [-0.25, -0.2) is 4.79 Å². The van der Waals surface area contributed by atoms with Gasteiger partial charge in [0, 0.05) is 11.3 Å². The quantitative estimate of drug-likeness (QED) is 0.748. The van der Waals surface area contributed by atoms with Crippen LogP contribution >= 0.6 is 11.6 Å². The van der Waals surface area contributed by atoms with Crippen LogP contribution in [0.3, 0.4) is 0 Å². The number of carboxylic acid groups (broad SMARTS) is 1. The molecule has 0 atom stereocenters. The summed E-state index contributed by atoms with van der Waals surface area (Å²) in [7, 11) is 0. The average Bonchev–Trinajstić information content (AvgIpc) is 2.54. The Labute approximate surface area is 137 Å². The Morgan fingerprint density at radius 2 is 1.65 bits per heavy atom. The lowest BCUT2D eigenvalue weighted by molar-refractivity contribution is 0.0697. The normalized spacial score (nSPS) is 10.5. The lowest BCUT2D eigenvalue weighted by Gasteiger charge is -2.09. The summed E-state index contributed by atoms with van der Waals surface area (Å²) in [5.41, 5.74) is 0.981. The van der Waals surface area contributed by atoms with E-state index in [1.807, 2.05) is 36.4 Å². The molecule has 0 spiro atoms. The average molecular weight is 326 g/mol. The van der Waals surface area contributed by atoms with E-state index in [1.165, 1.54) is 18.2 Å². The molecule has 3 rings (SSSR count). The molecule has 0 unspecified atom stereocenters. The number of carbonyl (C=O) groups excluding carboxylic acids is 1. The molecule has 0 saturated heterocycles. The maximum Gasteiger partial charge on any atom is 0.337 e. The van der Waals surface area contributed by atoms with Crippen molar-refractivity contribution in [2.75, 3.05) is 5.32 Å². The van der Waals surface area contributed by atoms with Gasteiger partial charge in [-0.3, -0.25) is 4.79 Å². The highest BCUT2D eigenvalue weighted by atomic mass is 35.5. The summed E-state index contributed by atoms with van der Waals surface area (Å²) in [6, 6.07) is 17.4. The van der Waals surface area contributed by atoms with E-state index in [-0.39, 0.29) is 16.5 Å². The van der Waals surface area contributed by atoms with E-state index in [1.54, 1.807) is 6.07 Å². The third kappa shape index (κ3) is 3.03. The van der Waals surface area contributed by atoms with E-state index < -0.39 is 5.97 Å². The molecular weight excluding hydrogens is 314 g/mol. The van der Waals surface area contributed by atoms with Crippen LogP contribution in [0.15, 0.2) is 60.7 Å². The Morgan fingerprint density at radius 3 is 2.39 bits per heavy atom. The van der Waals surface area contributed by atoms with Crippen molar-refractivity contribution in [1.29, 1.82) is 0 Å². The summed E-state index contributed by atoms with van der Waals surface area (Å²) >= 11 is 5.92. The number of carboxylic acids is 1. The minimum Gasteiger partial charge on any atom is -0.478 e. The molecule has 0 heterocycles. The van der Waals surface area contributed by atoms with Crippen molar-refractivity contribution in [2.45, 2.75) is 0 Å². The van der Waals surface area contributed by atoms with Gasteiger partial charge in [-0.15, -0.1) is 0 Å². The van der Waals surface area contributed by atoms with E-state index in [2.05, 4.69) is 5.32 Å². The van der Waals surface area contributed by atoms with Gasteiger partial charge in [-0.1, -0.05) is 48.0 Å². The number of rotatable bonds is 3. The number of halogens is 1. The van der Waals surface area contributed by atoms with E-state index in [0.29, 0.717) is 11.3 Å². The first kappa shape index (κ1) is 15.1. The van der Waals surface area contributed by atoms with E-state index in [0.717, 1.165) is 10.8 Å². The Hall–Kier alpha value is -2.85. The third-order valence-electron chi connectivity index (χ3n) is 3.49. The van der Waals surface area contributed by atoms with Crippen molar-refractivity contribution in [3.05, 3.63) is 76.8 Å². The van der Waals surface area contributed by atoms with Crippen LogP contribution < -0.4 is 5.32 Å². The second-order valence-corrected chi connectivity index (χ2v) is 5.39. The molecule has 1 amide bonds. The summed E-state index contributed by atoms with van der Waals surface area (Å²) in [5.74, 6) is -1.39. The Bertz CT molecular complexity index is 916. The monoisotopic (exact) mass is 325 g/mol. The topological polar surface area (TPSA) is 66.4 Å². The van der Waals surface area contributed by atoms with Crippen molar-refractivity contribution in [2.24, 2.45) is 0 Å². The van der Waals surface area contributed by atoms with Crippen molar-refractivity contribution in [3.8, 4) is 0 Å². The molecule has 0 fully saturated rings. The fourth-order valence-electron chi connectivity index (χ4n) is 2.39. The lowest BCUT2D eigenvalue weighted by atomic mass is 10.0. The number of amides is 1. The molecule has 0 aliphatic rings. The number of fused-ring (bicyclic) bond motifs is 1. The van der Waals surface area contributed by atoms with Crippen molar-refractivity contribution in [3.63, 3.8) is 0 Å². The fraction of sp³-hybridized carbons (Fsp3) is 0. The van der Waals surface area contributed by atoms with E-state index >= 15 is 0 Å². The zero-order chi connectivity index (χ0) is 16.4. The van der Waals surface area contributed by atoms with Gasteiger partial charge in [-0.2, -0.15) is 0 Å². The molecular formula is C18H12ClNO3. The lowest BCUT2D eigenvalue weighted by Crippen LogP contribution is -2.12. The summed E-state index contributed by atoms with van der Waals surface area (Å²) in [5, 5.41) is 13.6. The third-order valence-corrected chi connectivity index (χ3v) is 3.80. The Balaban J connectivity index is 1.92. The van der Waals surface area contributed by atoms with Crippen LogP contribution in [0, 0.1) is 0 Å². The molecule has 23 heavy (non-hydrogen) atoms. The highest BCUT2D eigenvalue weighted by Crippen LogP contribution is 2.23. The molecule has 5 heteroatoms. The molecule has 3 aromatic carbocycles. The summed E-state index contributed by atoms with van der Waals surface area (Å²) < 4.78 is 0. The van der Waals surface area contributed by atoms with Crippen LogP contribution in [-0.2, 0) is 0 Å². The molecule has 0 aliphatic carbocycles. The minimum absolute atomic E-state index is 0.00479. The highest BCUT2D eigenvalue weighted by molar-refractivity contribution is 6.34. The summed E-state index contributed by atoms with van der Waals surface area (Å²) in [4.78, 5) is 23.4. The maximum atomic E-state index is 12.5. The van der Waals surface area contributed by atoms with Crippen molar-refractivity contribution >= 4 is 39.9 Å². The number of aromatic carboxylic acids is 1. The molecule has 114 valence electrons. The second-order valence-electron chi connectivity index (χ2n) is 4.98. The first-order valence-electron chi connectivity index (χ1n) is 6.88. The number of hydrogen-bond donors (Lipinski definition) is 2. The van der Waals surface area contributed by atoms with Gasteiger partial charge < -0.3 is 10.4 Å². The molecule has 4 nitrogen and oxygen atoms in total. The standard InChI is InChI=1S/C18H12ClNO3/c19-16-10-12(8-9-15(16)18(22)23)20-17(21)14-7-3-5-11-4-1-2-6-13(11)14/h1-10H,(H,20,21)(H,22,23). The minimum atomic E-state index is -1.11. The Kier molecular flexibility index (Phi) is 4.00. The van der Waals surface area contributed by atoms with E-state index in [9.17, 15) is 9.59 Å². The van der Waals surface area contributed by atoms with Crippen molar-refractivity contribution < 1.29 is 14.7 Å². The van der Waals surface area contributed by atoms with E-state index in [4.69, 9.17) is 16.7 Å². The molecule has 0 aromatic heterocycles. The molecule has 0 saturated carbocycles. The van der Waals surface area contributed by atoms with Gasteiger partial charge in [0.1, 0.15) is 0 Å². The smallest absolute Gasteiger partial charge is 0.337 e. The second kappa shape index (κ2) is 6.10. The Morgan fingerprint density at radius 1 is 0.913 bits per heavy atom. The number of anilines is 1. The van der Waals surface area contributed by atoms with Gasteiger partial charge in [0.05, 0.1) is 10.6 Å². The number of nitrogens with one attached hydrogen (secondary N) is 1. The van der Waals surface area contributed by atoms with Gasteiger partial charge in [0.2, 0.25) is 0 Å². The SMILES string of the molecule is O=C(O)c1ccc(NC(=O)c2cccc3ccccc23)cc1Cl. The van der Waals surface area contributed by atoms with Crippen LogP contribution in [-0.4, -0.2) is 17.0 Å². The zero-order valence-electron chi connectivity index (χ0n) is 11.9. The van der Waals surface area contributed by atoms with Crippen LogP contribution in [0.4, 0.5) is 5.69 Å². The van der Waals surface area contributed by atoms with Crippen molar-refractivity contribution in [1.82, 2.24) is 0 Å². The van der Waals surface area contributed by atoms with Crippen LogP contribution in [0.25, 0.3) is 10.8 Å². The molecule has 3 aromatic rings. The van der Waals surface area contributed by atoms with Gasteiger partial charge in [0.15, 0.2) is 0 Å². The molecule has 0 radical (unpaired) electrons. The van der Waals surface area contributed by atoms with Crippen LogP contribution in [0.5, 0.6) is 0 Å². The number of carbonyl (C=O) groups is 2. The molecule has 0 aliphatic heterocycles. The summed E-state index contributed by atoms with van der Waals surface area (Å²) in [6.07, 6.45) is 0. The van der Waals surface area contributed by atoms with Gasteiger partial charge >= 0.3 is 5.97 Å². The van der Waals surface area contributed by atoms with Gasteiger partial charge in [0.25, 0.3) is 5.91 Å². The number of hydrogen-bond acceptors (Lipinski definition) is 2. The zero-order valence-corrected chi connectivity index (χ0v) is 12.7. The maximum absolute atomic E-state index is 12.5. The molecule has 2 N–H and O–H groups in total. The molecule has 0 bridgehead atoms.